The average molecular weight is 355 g/mol. The zero-order valence-electron chi connectivity index (χ0n) is 9.71. The molecule has 0 fully saturated rings. The molecule has 0 saturated heterocycles. The number of hydrogen-bond acceptors (Lipinski definition) is 1. The molecule has 0 aliphatic carbocycles. The molecule has 0 aliphatic rings. The Kier molecular flexibility index (Phi) is 3.96. The Hall–Kier alpha value is -1.43. The first-order valence-electron chi connectivity index (χ1n) is 5.40. The van der Waals surface area contributed by atoms with Crippen molar-refractivity contribution in [1.82, 2.24) is 0 Å². The van der Waals surface area contributed by atoms with E-state index in [1.807, 2.05) is 18.2 Å². The molecule has 0 aliphatic heterocycles. The monoisotopic (exact) mass is 355 g/mol. The Morgan fingerprint density at radius 1 is 1.17 bits per heavy atom. The smallest absolute Gasteiger partial charge is 0.258 e. The predicted octanol–water partition coefficient (Wildman–Crippen LogP) is 3.99. The molecule has 4 heteroatoms. The van der Waals surface area contributed by atoms with Crippen molar-refractivity contribution in [1.29, 1.82) is 0 Å². The number of aryl methyl sites for hydroxylation is 1. The van der Waals surface area contributed by atoms with Crippen molar-refractivity contribution < 1.29 is 9.18 Å². The number of carbonyl (C=O) groups is 1. The zero-order chi connectivity index (χ0) is 13.1. The highest BCUT2D eigenvalue weighted by Gasteiger charge is 2.13. The number of anilines is 1. The second-order valence-electron chi connectivity index (χ2n) is 3.87. The second-order valence-corrected chi connectivity index (χ2v) is 5.03. The number of carbonyl (C=O) groups excluding carboxylic acids is 1. The minimum absolute atomic E-state index is 0.0645. The van der Waals surface area contributed by atoms with Crippen molar-refractivity contribution >= 4 is 34.2 Å². The molecule has 2 rings (SSSR count). The number of nitrogens with one attached hydrogen (secondary N) is 1. The standard InChI is InChI=1S/C14H11FINO/c1-9-5-4-6-10(13(9)15)14(18)17-12-8-3-2-7-11(12)16/h2-8H,1H3,(H,17,18). The van der Waals surface area contributed by atoms with Crippen LogP contribution in [-0.4, -0.2) is 5.91 Å². The van der Waals surface area contributed by atoms with E-state index < -0.39 is 11.7 Å². The lowest BCUT2D eigenvalue weighted by Crippen LogP contribution is -2.15. The Morgan fingerprint density at radius 3 is 2.61 bits per heavy atom. The van der Waals surface area contributed by atoms with Crippen LogP contribution >= 0.6 is 22.6 Å². The maximum Gasteiger partial charge on any atom is 0.258 e. The van der Waals surface area contributed by atoms with Gasteiger partial charge in [-0.3, -0.25) is 4.79 Å². The summed E-state index contributed by atoms with van der Waals surface area (Å²) in [5, 5.41) is 2.71. The quantitative estimate of drug-likeness (QED) is 0.811. The summed E-state index contributed by atoms with van der Waals surface area (Å²) in [5.41, 5.74) is 1.21. The van der Waals surface area contributed by atoms with Crippen LogP contribution in [0, 0.1) is 16.3 Å². The van der Waals surface area contributed by atoms with E-state index in [2.05, 4.69) is 27.9 Å². The van der Waals surface area contributed by atoms with Crippen LogP contribution in [0.3, 0.4) is 0 Å². The van der Waals surface area contributed by atoms with Crippen molar-refractivity contribution in [2.45, 2.75) is 6.92 Å². The highest BCUT2D eigenvalue weighted by molar-refractivity contribution is 14.1. The van der Waals surface area contributed by atoms with Gasteiger partial charge in [0, 0.05) is 3.57 Å². The zero-order valence-corrected chi connectivity index (χ0v) is 11.9. The van der Waals surface area contributed by atoms with Gasteiger partial charge in [-0.25, -0.2) is 4.39 Å². The lowest BCUT2D eigenvalue weighted by Gasteiger charge is -2.08. The molecule has 1 amide bonds. The first-order valence-corrected chi connectivity index (χ1v) is 6.48. The van der Waals surface area contributed by atoms with E-state index >= 15 is 0 Å². The average Bonchev–Trinajstić information content (AvgIpc) is 2.35. The first kappa shape index (κ1) is 13.0. The molecular formula is C14H11FINO. The van der Waals surface area contributed by atoms with Crippen molar-refractivity contribution in [3.8, 4) is 0 Å². The van der Waals surface area contributed by atoms with Crippen LogP contribution in [0.1, 0.15) is 15.9 Å². The fraction of sp³-hybridized carbons (Fsp3) is 0.0714. The second kappa shape index (κ2) is 5.48. The third-order valence-electron chi connectivity index (χ3n) is 2.56. The molecule has 1 N–H and O–H groups in total. The van der Waals surface area contributed by atoms with Crippen LogP contribution in [0.15, 0.2) is 42.5 Å². The van der Waals surface area contributed by atoms with Crippen molar-refractivity contribution in [3.63, 3.8) is 0 Å². The summed E-state index contributed by atoms with van der Waals surface area (Å²) in [5.74, 6) is -0.902. The molecule has 2 aromatic rings. The number of amides is 1. The van der Waals surface area contributed by atoms with E-state index in [0.29, 0.717) is 11.3 Å². The first-order chi connectivity index (χ1) is 8.59. The minimum atomic E-state index is -0.471. The molecule has 0 atom stereocenters. The van der Waals surface area contributed by atoms with Crippen LogP contribution in [0.4, 0.5) is 10.1 Å². The summed E-state index contributed by atoms with van der Waals surface area (Å²) in [6, 6.07) is 12.2. The van der Waals surface area contributed by atoms with Crippen molar-refractivity contribution in [2.75, 3.05) is 5.32 Å². The highest BCUT2D eigenvalue weighted by Crippen LogP contribution is 2.19. The van der Waals surface area contributed by atoms with Crippen LogP contribution in [0.25, 0.3) is 0 Å². The van der Waals surface area contributed by atoms with Gasteiger partial charge in [0.05, 0.1) is 11.3 Å². The summed E-state index contributed by atoms with van der Waals surface area (Å²) in [7, 11) is 0. The Labute approximate surface area is 118 Å². The summed E-state index contributed by atoms with van der Waals surface area (Å²) in [6.45, 7) is 1.64. The molecule has 2 aromatic carbocycles. The number of para-hydroxylation sites is 1. The van der Waals surface area contributed by atoms with Gasteiger partial charge < -0.3 is 5.32 Å². The molecular weight excluding hydrogens is 344 g/mol. The molecule has 0 spiro atoms. The van der Waals surface area contributed by atoms with Gasteiger partial charge in [-0.2, -0.15) is 0 Å². The van der Waals surface area contributed by atoms with Crippen LogP contribution in [0.5, 0.6) is 0 Å². The number of rotatable bonds is 2. The third kappa shape index (κ3) is 2.69. The van der Waals surface area contributed by atoms with Gasteiger partial charge >= 0.3 is 0 Å². The topological polar surface area (TPSA) is 29.1 Å². The largest absolute Gasteiger partial charge is 0.321 e. The Bertz CT molecular complexity index is 598. The van der Waals surface area contributed by atoms with Crippen LogP contribution < -0.4 is 5.32 Å². The van der Waals surface area contributed by atoms with Gasteiger partial charge in [0.15, 0.2) is 0 Å². The van der Waals surface area contributed by atoms with Gasteiger partial charge in [0.25, 0.3) is 5.91 Å². The summed E-state index contributed by atoms with van der Waals surface area (Å²) < 4.78 is 14.7. The third-order valence-corrected chi connectivity index (χ3v) is 3.50. The lowest BCUT2D eigenvalue weighted by molar-refractivity contribution is 0.102. The van der Waals surface area contributed by atoms with E-state index in [1.54, 1.807) is 25.1 Å². The highest BCUT2D eigenvalue weighted by atomic mass is 127. The Balaban J connectivity index is 2.28. The fourth-order valence-corrected chi connectivity index (χ4v) is 2.10. The maximum atomic E-state index is 13.8. The minimum Gasteiger partial charge on any atom is -0.321 e. The molecule has 0 unspecified atom stereocenters. The van der Waals surface area contributed by atoms with Crippen molar-refractivity contribution in [2.24, 2.45) is 0 Å². The molecule has 0 aromatic heterocycles. The fourth-order valence-electron chi connectivity index (χ4n) is 1.58. The maximum absolute atomic E-state index is 13.8. The molecule has 2 nitrogen and oxygen atoms in total. The SMILES string of the molecule is Cc1cccc(C(=O)Nc2ccccc2I)c1F. The van der Waals surface area contributed by atoms with Gasteiger partial charge in [-0.15, -0.1) is 0 Å². The van der Waals surface area contributed by atoms with Gasteiger partial charge in [-0.1, -0.05) is 24.3 Å². The van der Waals surface area contributed by atoms with Crippen molar-refractivity contribution in [3.05, 3.63) is 63.0 Å². The van der Waals surface area contributed by atoms with Crippen LogP contribution in [-0.2, 0) is 0 Å². The van der Waals surface area contributed by atoms with Gasteiger partial charge in [-0.05, 0) is 53.3 Å². The lowest BCUT2D eigenvalue weighted by atomic mass is 10.1. The predicted molar refractivity (Wildman–Crippen MR) is 78.2 cm³/mol. The molecule has 18 heavy (non-hydrogen) atoms. The van der Waals surface area contributed by atoms with E-state index in [9.17, 15) is 9.18 Å². The van der Waals surface area contributed by atoms with E-state index in [0.717, 1.165) is 3.57 Å². The van der Waals surface area contributed by atoms with Gasteiger partial charge in [0.1, 0.15) is 5.82 Å². The number of halogens is 2. The normalized spacial score (nSPS) is 10.2. The summed E-state index contributed by atoms with van der Waals surface area (Å²) in [4.78, 5) is 12.0. The van der Waals surface area contributed by atoms with Crippen LogP contribution in [0.2, 0.25) is 0 Å². The number of hydrogen-bond donors (Lipinski definition) is 1. The van der Waals surface area contributed by atoms with E-state index in [-0.39, 0.29) is 5.56 Å². The van der Waals surface area contributed by atoms with Gasteiger partial charge in [0.2, 0.25) is 0 Å². The van der Waals surface area contributed by atoms with E-state index in [1.165, 1.54) is 6.07 Å². The molecule has 0 bridgehead atoms. The summed E-state index contributed by atoms with van der Waals surface area (Å²) >= 11 is 2.12. The molecule has 0 heterocycles. The summed E-state index contributed by atoms with van der Waals surface area (Å²) in [6.07, 6.45) is 0. The molecule has 0 saturated carbocycles. The Morgan fingerprint density at radius 2 is 1.89 bits per heavy atom. The number of benzene rings is 2. The van der Waals surface area contributed by atoms with E-state index in [4.69, 9.17) is 0 Å². The molecule has 92 valence electrons. The molecule has 0 radical (unpaired) electrons.